The zero-order valence-corrected chi connectivity index (χ0v) is 11.8. The summed E-state index contributed by atoms with van der Waals surface area (Å²) in [6.07, 6.45) is 2.12. The Kier molecular flexibility index (Phi) is 2.55. The van der Waals surface area contributed by atoms with Gasteiger partial charge in [-0.15, -0.1) is 0 Å². The Morgan fingerprint density at radius 2 is 2.25 bits per heavy atom. The lowest BCUT2D eigenvalue weighted by molar-refractivity contribution is 0.155. The Bertz CT molecular complexity index is 415. The summed E-state index contributed by atoms with van der Waals surface area (Å²) in [5.74, 6) is 1.81. The van der Waals surface area contributed by atoms with Crippen LogP contribution in [0.2, 0.25) is 0 Å². The van der Waals surface area contributed by atoms with Gasteiger partial charge in [0.2, 0.25) is 0 Å². The van der Waals surface area contributed by atoms with Crippen molar-refractivity contribution >= 4 is 22.6 Å². The number of aliphatic hydroxyl groups excluding tert-OH is 1. The van der Waals surface area contributed by atoms with Crippen molar-refractivity contribution in [3.8, 4) is 0 Å². The largest absolute Gasteiger partial charge is 0.393 e. The molecular weight excluding hydrogens is 315 g/mol. The van der Waals surface area contributed by atoms with E-state index in [1.165, 1.54) is 12.1 Å². The Morgan fingerprint density at radius 1 is 1.50 bits per heavy atom. The van der Waals surface area contributed by atoms with Crippen LogP contribution in [0.4, 0.5) is 0 Å². The molecule has 2 saturated carbocycles. The van der Waals surface area contributed by atoms with E-state index in [4.69, 9.17) is 0 Å². The average molecular weight is 332 g/mol. The van der Waals surface area contributed by atoms with Gasteiger partial charge in [-0.25, -0.2) is 0 Å². The summed E-state index contributed by atoms with van der Waals surface area (Å²) in [4.78, 5) is 0. The van der Waals surface area contributed by atoms with Crippen molar-refractivity contribution in [2.24, 2.45) is 11.8 Å². The Balaban J connectivity index is 1.91. The average Bonchev–Trinajstić information content (AvgIpc) is 2.61. The van der Waals surface area contributed by atoms with Crippen LogP contribution in [0.3, 0.4) is 0 Å². The van der Waals surface area contributed by atoms with E-state index in [9.17, 15) is 5.11 Å². The minimum atomic E-state index is -0.0665. The monoisotopic (exact) mass is 332 g/mol. The first-order valence-electron chi connectivity index (χ1n) is 6.02. The van der Waals surface area contributed by atoms with Crippen LogP contribution in [0.1, 0.15) is 44.3 Å². The maximum Gasteiger partial charge on any atom is 0.123 e. The molecule has 1 unspecified atom stereocenters. The summed E-state index contributed by atoms with van der Waals surface area (Å²) in [7, 11) is 0. The molecule has 3 nitrogen and oxygen atoms in total. The van der Waals surface area contributed by atoms with Crippen LogP contribution >= 0.6 is 22.6 Å². The Hall–Kier alpha value is -0.100. The van der Waals surface area contributed by atoms with Crippen LogP contribution in [0.5, 0.6) is 0 Å². The van der Waals surface area contributed by atoms with Crippen molar-refractivity contribution in [3.05, 3.63) is 15.5 Å². The molecule has 3 rings (SSSR count). The van der Waals surface area contributed by atoms with Gasteiger partial charge in [0.25, 0.3) is 0 Å². The van der Waals surface area contributed by atoms with E-state index in [1.807, 2.05) is 0 Å². The van der Waals surface area contributed by atoms with Gasteiger partial charge in [-0.05, 0) is 67.2 Å². The summed E-state index contributed by atoms with van der Waals surface area (Å²) >= 11 is 2.28. The molecule has 0 aromatic carbocycles. The number of nitrogens with zero attached hydrogens (tertiary/aromatic N) is 2. The molecule has 0 spiro atoms. The van der Waals surface area contributed by atoms with Crippen LogP contribution in [0.15, 0.2) is 6.07 Å². The maximum absolute atomic E-state index is 9.88. The second-order valence-electron chi connectivity index (χ2n) is 5.34. The molecule has 0 aliphatic heterocycles. The van der Waals surface area contributed by atoms with Gasteiger partial charge < -0.3 is 5.11 Å². The third-order valence-electron chi connectivity index (χ3n) is 4.03. The predicted octanol–water partition coefficient (Wildman–Crippen LogP) is 2.55. The van der Waals surface area contributed by atoms with Crippen molar-refractivity contribution < 1.29 is 5.11 Å². The fourth-order valence-corrected chi connectivity index (χ4v) is 3.86. The van der Waals surface area contributed by atoms with E-state index in [0.717, 1.165) is 16.0 Å². The summed E-state index contributed by atoms with van der Waals surface area (Å²) in [5, 5.41) is 14.4. The summed E-state index contributed by atoms with van der Waals surface area (Å²) in [6.45, 7) is 4.34. The fraction of sp³-hybridized carbons (Fsp3) is 0.750. The second kappa shape index (κ2) is 3.70. The molecule has 2 aliphatic carbocycles. The van der Waals surface area contributed by atoms with Gasteiger partial charge in [0.1, 0.15) is 3.70 Å². The molecule has 0 saturated heterocycles. The molecule has 0 radical (unpaired) electrons. The van der Waals surface area contributed by atoms with E-state index in [2.05, 4.69) is 52.3 Å². The van der Waals surface area contributed by atoms with E-state index in [1.54, 1.807) is 0 Å². The molecule has 0 bridgehead atoms. The zero-order chi connectivity index (χ0) is 11.4. The molecule has 88 valence electrons. The molecule has 4 heteroatoms. The van der Waals surface area contributed by atoms with Crippen molar-refractivity contribution in [1.82, 2.24) is 9.78 Å². The molecule has 2 fully saturated rings. The van der Waals surface area contributed by atoms with Crippen molar-refractivity contribution in [3.63, 3.8) is 0 Å². The van der Waals surface area contributed by atoms with E-state index in [-0.39, 0.29) is 6.10 Å². The number of fused-ring (bicyclic) bond motifs is 1. The first-order valence-corrected chi connectivity index (χ1v) is 7.10. The van der Waals surface area contributed by atoms with E-state index >= 15 is 0 Å². The van der Waals surface area contributed by atoms with Gasteiger partial charge in [0.05, 0.1) is 6.10 Å². The molecule has 0 amide bonds. The van der Waals surface area contributed by atoms with Gasteiger partial charge in [-0.3, -0.25) is 4.68 Å². The lowest BCUT2D eigenvalue weighted by atomic mass is 10.1. The zero-order valence-electron chi connectivity index (χ0n) is 9.60. The smallest absolute Gasteiger partial charge is 0.123 e. The van der Waals surface area contributed by atoms with Crippen LogP contribution in [-0.2, 0) is 0 Å². The van der Waals surface area contributed by atoms with Gasteiger partial charge in [0.15, 0.2) is 0 Å². The highest BCUT2D eigenvalue weighted by Gasteiger charge is 2.59. The molecule has 1 N–H and O–H groups in total. The maximum atomic E-state index is 9.88. The molecule has 4 atom stereocenters. The van der Waals surface area contributed by atoms with Crippen LogP contribution in [0, 0.1) is 15.5 Å². The Morgan fingerprint density at radius 3 is 2.81 bits per heavy atom. The SMILES string of the molecule is CC(C)n1nc(I)cc1C1[C@H]2[C@@H]1CC[C@@H]2O. The molecule has 16 heavy (non-hydrogen) atoms. The normalized spacial score (nSPS) is 36.8. The van der Waals surface area contributed by atoms with Gasteiger partial charge in [-0.1, -0.05) is 0 Å². The minimum Gasteiger partial charge on any atom is -0.393 e. The first kappa shape index (κ1) is 11.0. The highest BCUT2D eigenvalue weighted by molar-refractivity contribution is 14.1. The molecule has 1 aromatic heterocycles. The van der Waals surface area contributed by atoms with E-state index < -0.39 is 0 Å². The summed E-state index contributed by atoms with van der Waals surface area (Å²) in [6, 6.07) is 2.60. The minimum absolute atomic E-state index is 0.0665. The van der Waals surface area contributed by atoms with Gasteiger partial charge in [-0.2, -0.15) is 5.10 Å². The standard InChI is InChI=1S/C12H17IN2O/c1-6(2)15-8(5-10(13)14-15)11-7-3-4-9(16)12(7)11/h5-7,9,11-12,16H,3-4H2,1-2H3/t7-,9+,11?,12+/m1/s1. The van der Waals surface area contributed by atoms with Gasteiger partial charge >= 0.3 is 0 Å². The lowest BCUT2D eigenvalue weighted by Crippen LogP contribution is -2.11. The highest BCUT2D eigenvalue weighted by atomic mass is 127. The topological polar surface area (TPSA) is 38.0 Å². The summed E-state index contributed by atoms with van der Waals surface area (Å²) in [5.41, 5.74) is 1.34. The third kappa shape index (κ3) is 1.53. The molecule has 1 aromatic rings. The second-order valence-corrected chi connectivity index (χ2v) is 6.45. The highest BCUT2D eigenvalue weighted by Crippen LogP contribution is 2.63. The van der Waals surface area contributed by atoms with Crippen LogP contribution < -0.4 is 0 Å². The quantitative estimate of drug-likeness (QED) is 0.846. The van der Waals surface area contributed by atoms with E-state index in [0.29, 0.717) is 17.9 Å². The van der Waals surface area contributed by atoms with Crippen molar-refractivity contribution in [1.29, 1.82) is 0 Å². The van der Waals surface area contributed by atoms with Crippen LogP contribution in [-0.4, -0.2) is 21.0 Å². The fourth-order valence-electron chi connectivity index (χ4n) is 3.31. The predicted molar refractivity (Wildman–Crippen MR) is 70.3 cm³/mol. The number of halogens is 1. The lowest BCUT2D eigenvalue weighted by Gasteiger charge is -2.13. The van der Waals surface area contributed by atoms with Gasteiger partial charge in [0, 0.05) is 17.7 Å². The number of hydrogen-bond donors (Lipinski definition) is 1. The number of rotatable bonds is 2. The molecular formula is C12H17IN2O. The number of aromatic nitrogens is 2. The van der Waals surface area contributed by atoms with Crippen molar-refractivity contribution in [2.75, 3.05) is 0 Å². The number of hydrogen-bond acceptors (Lipinski definition) is 2. The Labute approximate surface area is 109 Å². The first-order chi connectivity index (χ1) is 7.59. The third-order valence-corrected chi connectivity index (χ3v) is 4.56. The van der Waals surface area contributed by atoms with Crippen molar-refractivity contribution in [2.45, 2.75) is 44.8 Å². The molecule has 2 aliphatic rings. The molecule has 1 heterocycles. The number of aliphatic hydroxyl groups is 1. The van der Waals surface area contributed by atoms with Crippen LogP contribution in [0.25, 0.3) is 0 Å². The summed E-state index contributed by atoms with van der Waals surface area (Å²) < 4.78 is 3.21.